The predicted octanol–water partition coefficient (Wildman–Crippen LogP) is 2.58. The molecule has 1 atom stereocenters. The van der Waals surface area contributed by atoms with Crippen molar-refractivity contribution in [2.24, 2.45) is 0 Å². The van der Waals surface area contributed by atoms with Crippen LogP contribution in [0.2, 0.25) is 0 Å². The highest BCUT2D eigenvalue weighted by molar-refractivity contribution is 5.94. The topological polar surface area (TPSA) is 63.6 Å². The Bertz CT molecular complexity index is 630. The second-order valence-corrected chi connectivity index (χ2v) is 5.14. The van der Waals surface area contributed by atoms with Crippen LogP contribution in [0.5, 0.6) is 11.5 Å². The summed E-state index contributed by atoms with van der Waals surface area (Å²) in [6.45, 7) is 3.42. The zero-order chi connectivity index (χ0) is 14.7. The van der Waals surface area contributed by atoms with Gasteiger partial charge in [-0.25, -0.2) is 4.98 Å². The summed E-state index contributed by atoms with van der Waals surface area (Å²) in [5.41, 5.74) is 0. The average Bonchev–Trinajstić information content (AvgIpc) is 2.53. The van der Waals surface area contributed by atoms with Crippen molar-refractivity contribution in [3.63, 3.8) is 0 Å². The summed E-state index contributed by atoms with van der Waals surface area (Å²) in [7, 11) is 0. The van der Waals surface area contributed by atoms with E-state index >= 15 is 0 Å². The molecular weight excluding hydrogens is 268 g/mol. The molecule has 21 heavy (non-hydrogen) atoms. The summed E-state index contributed by atoms with van der Waals surface area (Å²) in [4.78, 5) is 4.44. The normalized spacial score (nSPS) is 15.0. The molecule has 2 N–H and O–H groups in total. The summed E-state index contributed by atoms with van der Waals surface area (Å²) in [6, 6.07) is 6.14. The largest absolute Gasteiger partial charge is 0.486 e. The highest BCUT2D eigenvalue weighted by Gasteiger charge is 2.15. The quantitative estimate of drug-likeness (QED) is 0.885. The van der Waals surface area contributed by atoms with Gasteiger partial charge in [-0.15, -0.1) is 0 Å². The molecule has 2 aromatic rings. The highest BCUT2D eigenvalue weighted by Crippen LogP contribution is 2.36. The first-order valence-electron chi connectivity index (χ1n) is 7.37. The van der Waals surface area contributed by atoms with Gasteiger partial charge in [0.2, 0.25) is 0 Å². The van der Waals surface area contributed by atoms with Crippen LogP contribution in [0.15, 0.2) is 24.4 Å². The molecule has 0 spiro atoms. The van der Waals surface area contributed by atoms with E-state index in [4.69, 9.17) is 14.6 Å². The van der Waals surface area contributed by atoms with E-state index in [0.717, 1.165) is 34.5 Å². The van der Waals surface area contributed by atoms with Gasteiger partial charge >= 0.3 is 0 Å². The van der Waals surface area contributed by atoms with Crippen molar-refractivity contribution in [1.29, 1.82) is 0 Å². The molecule has 112 valence electrons. The number of benzene rings is 1. The number of nitrogens with one attached hydrogen (secondary N) is 1. The molecule has 1 aliphatic heterocycles. The van der Waals surface area contributed by atoms with E-state index in [1.54, 1.807) is 6.20 Å². The van der Waals surface area contributed by atoms with Crippen LogP contribution in [0.1, 0.15) is 19.8 Å². The Kier molecular flexibility index (Phi) is 4.10. The lowest BCUT2D eigenvalue weighted by molar-refractivity contribution is 0.172. The van der Waals surface area contributed by atoms with Gasteiger partial charge < -0.3 is 19.9 Å². The predicted molar refractivity (Wildman–Crippen MR) is 82.1 cm³/mol. The van der Waals surface area contributed by atoms with Crippen molar-refractivity contribution in [1.82, 2.24) is 4.98 Å². The first-order valence-corrected chi connectivity index (χ1v) is 7.37. The van der Waals surface area contributed by atoms with E-state index in [2.05, 4.69) is 17.2 Å². The zero-order valence-electron chi connectivity index (χ0n) is 12.1. The minimum absolute atomic E-state index is 0.169. The molecule has 1 unspecified atom stereocenters. The molecule has 0 saturated heterocycles. The molecule has 1 aromatic heterocycles. The van der Waals surface area contributed by atoms with Gasteiger partial charge in [0, 0.05) is 24.2 Å². The Labute approximate surface area is 123 Å². The molecule has 2 heterocycles. The van der Waals surface area contributed by atoms with Crippen molar-refractivity contribution in [2.45, 2.75) is 25.8 Å². The number of hydrogen-bond donors (Lipinski definition) is 2. The van der Waals surface area contributed by atoms with Gasteiger partial charge in [-0.3, -0.25) is 0 Å². The molecule has 5 nitrogen and oxygen atoms in total. The van der Waals surface area contributed by atoms with E-state index in [1.807, 2.05) is 18.2 Å². The summed E-state index contributed by atoms with van der Waals surface area (Å²) in [5, 5.41) is 14.6. The molecule has 1 aliphatic rings. The Morgan fingerprint density at radius 1 is 1.29 bits per heavy atom. The van der Waals surface area contributed by atoms with E-state index in [-0.39, 0.29) is 12.6 Å². The van der Waals surface area contributed by atoms with Gasteiger partial charge in [0.15, 0.2) is 11.5 Å². The number of aliphatic hydroxyl groups excluding tert-OH is 1. The van der Waals surface area contributed by atoms with E-state index in [9.17, 15) is 0 Å². The maximum Gasteiger partial charge on any atom is 0.162 e. The second-order valence-electron chi connectivity index (χ2n) is 5.14. The van der Waals surface area contributed by atoms with Crippen LogP contribution in [0.4, 0.5) is 5.82 Å². The number of nitrogens with zero attached hydrogens (tertiary/aromatic N) is 1. The van der Waals surface area contributed by atoms with Gasteiger partial charge in [0.05, 0.1) is 0 Å². The smallest absolute Gasteiger partial charge is 0.162 e. The van der Waals surface area contributed by atoms with Crippen molar-refractivity contribution in [3.8, 4) is 11.5 Å². The third kappa shape index (κ3) is 2.88. The van der Waals surface area contributed by atoms with Crippen LogP contribution < -0.4 is 14.8 Å². The molecule has 0 fully saturated rings. The van der Waals surface area contributed by atoms with Gasteiger partial charge in [-0.05, 0) is 36.4 Å². The lowest BCUT2D eigenvalue weighted by Gasteiger charge is -2.21. The third-order valence-electron chi connectivity index (χ3n) is 3.74. The number of ether oxygens (including phenoxy) is 2. The zero-order valence-corrected chi connectivity index (χ0v) is 12.1. The Hall–Kier alpha value is -2.01. The van der Waals surface area contributed by atoms with Gasteiger partial charge in [-0.2, -0.15) is 0 Å². The van der Waals surface area contributed by atoms with Crippen molar-refractivity contribution < 1.29 is 14.6 Å². The van der Waals surface area contributed by atoms with Gasteiger partial charge in [-0.1, -0.05) is 6.92 Å². The number of aromatic nitrogens is 1. The average molecular weight is 288 g/mol. The number of rotatable bonds is 5. The first kappa shape index (κ1) is 13.9. The molecule has 5 heteroatoms. The van der Waals surface area contributed by atoms with Crippen molar-refractivity contribution in [3.05, 3.63) is 24.4 Å². The molecule has 0 amide bonds. The third-order valence-corrected chi connectivity index (χ3v) is 3.74. The minimum Gasteiger partial charge on any atom is -0.486 e. The lowest BCUT2D eigenvalue weighted by Crippen LogP contribution is -2.20. The maximum atomic E-state index is 9.12. The minimum atomic E-state index is 0.169. The Morgan fingerprint density at radius 2 is 2.05 bits per heavy atom. The van der Waals surface area contributed by atoms with Crippen LogP contribution in [0, 0.1) is 0 Å². The Balaban J connectivity index is 1.98. The fraction of sp³-hybridized carbons (Fsp3) is 0.438. The van der Waals surface area contributed by atoms with Crippen LogP contribution in [0.25, 0.3) is 10.8 Å². The fourth-order valence-corrected chi connectivity index (χ4v) is 2.55. The monoisotopic (exact) mass is 288 g/mol. The number of aliphatic hydroxyl groups is 1. The van der Waals surface area contributed by atoms with Crippen LogP contribution in [-0.2, 0) is 0 Å². The maximum absolute atomic E-state index is 9.12. The molecule has 3 rings (SSSR count). The number of anilines is 1. The molecule has 0 bridgehead atoms. The number of fused-ring (bicyclic) bond motifs is 2. The molecule has 0 radical (unpaired) electrons. The van der Waals surface area contributed by atoms with Gasteiger partial charge in [0.25, 0.3) is 0 Å². The molecule has 0 aliphatic carbocycles. The molecular formula is C16H20N2O3. The standard InChI is InChI=1S/C16H20N2O3/c1-2-12(4-6-19)18-16-13-10-15-14(20-7-8-21-15)9-11(13)3-5-17-16/h3,5,9-10,12,19H,2,4,6-8H2,1H3,(H,17,18). The van der Waals surface area contributed by atoms with E-state index in [0.29, 0.717) is 19.6 Å². The van der Waals surface area contributed by atoms with Crippen molar-refractivity contribution in [2.75, 3.05) is 25.1 Å². The lowest BCUT2D eigenvalue weighted by atomic mass is 10.1. The summed E-state index contributed by atoms with van der Waals surface area (Å²) < 4.78 is 11.3. The SMILES string of the molecule is CCC(CCO)Nc1nccc2cc3c(cc12)OCCO3. The van der Waals surface area contributed by atoms with Crippen LogP contribution >= 0.6 is 0 Å². The highest BCUT2D eigenvalue weighted by atomic mass is 16.6. The van der Waals surface area contributed by atoms with Crippen molar-refractivity contribution >= 4 is 16.6 Å². The number of pyridine rings is 1. The summed E-state index contributed by atoms with van der Waals surface area (Å²) >= 11 is 0. The Morgan fingerprint density at radius 3 is 2.76 bits per heavy atom. The first-order chi connectivity index (χ1) is 10.3. The van der Waals surface area contributed by atoms with Crippen LogP contribution in [-0.4, -0.2) is 36.0 Å². The summed E-state index contributed by atoms with van der Waals surface area (Å²) in [5.74, 6) is 2.37. The fourth-order valence-electron chi connectivity index (χ4n) is 2.55. The second kappa shape index (κ2) is 6.18. The van der Waals surface area contributed by atoms with E-state index < -0.39 is 0 Å². The van der Waals surface area contributed by atoms with E-state index in [1.165, 1.54) is 0 Å². The van der Waals surface area contributed by atoms with Crippen LogP contribution in [0.3, 0.4) is 0 Å². The molecule has 0 saturated carbocycles. The number of hydrogen-bond acceptors (Lipinski definition) is 5. The summed E-state index contributed by atoms with van der Waals surface area (Å²) in [6.07, 6.45) is 3.43. The van der Waals surface area contributed by atoms with Gasteiger partial charge in [0.1, 0.15) is 19.0 Å². The molecule has 1 aromatic carbocycles.